The second-order valence-corrected chi connectivity index (χ2v) is 6.31. The normalized spacial score (nSPS) is 12.5. The van der Waals surface area contributed by atoms with Crippen LogP contribution in [0, 0.1) is 0 Å². The number of aromatic nitrogens is 8. The van der Waals surface area contributed by atoms with E-state index < -0.39 is 5.97 Å². The Labute approximate surface area is 122 Å². The van der Waals surface area contributed by atoms with Crippen LogP contribution in [0.25, 0.3) is 0 Å². The van der Waals surface area contributed by atoms with Gasteiger partial charge in [0.15, 0.2) is 0 Å². The molecule has 2 heterocycles. The molecule has 1 N–H and O–H groups in total. The molecule has 0 aliphatic rings. The second-order valence-electron chi connectivity index (χ2n) is 3.67. The summed E-state index contributed by atoms with van der Waals surface area (Å²) in [4.78, 5) is 10.7. The lowest BCUT2D eigenvalue weighted by molar-refractivity contribution is -0.138. The molecule has 20 heavy (non-hydrogen) atoms. The van der Waals surface area contributed by atoms with Crippen molar-refractivity contribution in [2.24, 2.45) is 7.05 Å². The standard InChI is InChI=1S/C8H12N8O2S2/c1-3-6(19-7-9-11-13-15(7)2)20-8-10-12-14-16(8)4-5(17)18/h6H,3-4H2,1-2H3,(H,17,18). The minimum Gasteiger partial charge on any atom is -0.480 e. The Kier molecular flexibility index (Phi) is 4.89. The number of thioether (sulfide) groups is 2. The SMILES string of the molecule is CCC(Sc1nnnn1C)Sc1nnnn1CC(=O)O. The molecule has 108 valence electrons. The lowest BCUT2D eigenvalue weighted by atomic mass is 10.6. The molecule has 12 heteroatoms. The Hall–Kier alpha value is -1.69. The summed E-state index contributed by atoms with van der Waals surface area (Å²) in [6.07, 6.45) is 0.822. The van der Waals surface area contributed by atoms with Gasteiger partial charge >= 0.3 is 5.97 Å². The van der Waals surface area contributed by atoms with Crippen LogP contribution in [0.4, 0.5) is 0 Å². The number of aryl methyl sites for hydroxylation is 1. The molecule has 0 aliphatic heterocycles. The van der Waals surface area contributed by atoms with Gasteiger partial charge in [-0.1, -0.05) is 30.4 Å². The van der Waals surface area contributed by atoms with Crippen LogP contribution in [-0.2, 0) is 18.4 Å². The summed E-state index contributed by atoms with van der Waals surface area (Å²) in [5.74, 6) is -0.989. The van der Waals surface area contributed by atoms with Gasteiger partial charge in [-0.25, -0.2) is 9.36 Å². The predicted octanol–water partition coefficient (Wildman–Crippen LogP) is -0.0983. The molecule has 0 saturated heterocycles. The summed E-state index contributed by atoms with van der Waals surface area (Å²) in [7, 11) is 1.76. The topological polar surface area (TPSA) is 124 Å². The maximum absolute atomic E-state index is 10.7. The molecule has 0 bridgehead atoms. The van der Waals surface area contributed by atoms with Crippen LogP contribution in [0.5, 0.6) is 0 Å². The molecule has 1 unspecified atom stereocenters. The van der Waals surface area contributed by atoms with Gasteiger partial charge in [-0.05, 0) is 27.3 Å². The maximum atomic E-state index is 10.7. The van der Waals surface area contributed by atoms with Crippen LogP contribution in [0.3, 0.4) is 0 Å². The number of rotatable bonds is 7. The van der Waals surface area contributed by atoms with Crippen LogP contribution in [0.2, 0.25) is 0 Å². The van der Waals surface area contributed by atoms with Crippen LogP contribution in [0.15, 0.2) is 10.3 Å². The van der Waals surface area contributed by atoms with E-state index >= 15 is 0 Å². The van der Waals surface area contributed by atoms with Gasteiger partial charge in [0.1, 0.15) is 6.54 Å². The van der Waals surface area contributed by atoms with E-state index in [9.17, 15) is 4.79 Å². The molecule has 0 aliphatic carbocycles. The summed E-state index contributed by atoms with van der Waals surface area (Å²) < 4.78 is 2.91. The molecule has 0 spiro atoms. The van der Waals surface area contributed by atoms with Crippen LogP contribution in [0.1, 0.15) is 13.3 Å². The maximum Gasteiger partial charge on any atom is 0.325 e. The van der Waals surface area contributed by atoms with E-state index in [1.807, 2.05) is 6.92 Å². The fourth-order valence-corrected chi connectivity index (χ4v) is 3.35. The van der Waals surface area contributed by atoms with Crippen molar-refractivity contribution in [3.05, 3.63) is 0 Å². The molecule has 0 aromatic carbocycles. The number of tetrazole rings is 2. The molecule has 2 aromatic heterocycles. The van der Waals surface area contributed by atoms with Crippen LogP contribution in [-0.4, -0.2) is 56.1 Å². The Morgan fingerprint density at radius 2 is 1.90 bits per heavy atom. The van der Waals surface area contributed by atoms with E-state index in [-0.39, 0.29) is 11.1 Å². The third kappa shape index (κ3) is 3.66. The van der Waals surface area contributed by atoms with Crippen molar-refractivity contribution in [3.8, 4) is 0 Å². The van der Waals surface area contributed by atoms with Crippen molar-refractivity contribution in [3.63, 3.8) is 0 Å². The largest absolute Gasteiger partial charge is 0.480 e. The second kappa shape index (κ2) is 6.65. The molecular formula is C8H12N8O2S2. The number of carboxylic acids is 1. The molecule has 0 radical (unpaired) electrons. The molecule has 0 saturated carbocycles. The number of carboxylic acid groups (broad SMARTS) is 1. The van der Waals surface area contributed by atoms with Crippen molar-refractivity contribution < 1.29 is 9.90 Å². The highest BCUT2D eigenvalue weighted by atomic mass is 32.2. The lowest BCUT2D eigenvalue weighted by Gasteiger charge is -2.11. The quantitative estimate of drug-likeness (QED) is 0.546. The van der Waals surface area contributed by atoms with Gasteiger partial charge in [-0.3, -0.25) is 4.79 Å². The zero-order valence-corrected chi connectivity index (χ0v) is 12.4. The van der Waals surface area contributed by atoms with Crippen LogP contribution >= 0.6 is 23.5 Å². The fraction of sp³-hybridized carbons (Fsp3) is 0.625. The van der Waals surface area contributed by atoms with E-state index in [1.165, 1.54) is 28.2 Å². The smallest absolute Gasteiger partial charge is 0.325 e. The number of carbonyl (C=O) groups is 1. The monoisotopic (exact) mass is 316 g/mol. The summed E-state index contributed by atoms with van der Waals surface area (Å²) in [5.41, 5.74) is 0. The Morgan fingerprint density at radius 3 is 2.50 bits per heavy atom. The van der Waals surface area contributed by atoms with Crippen molar-refractivity contribution in [1.82, 2.24) is 40.4 Å². The number of hydrogen-bond acceptors (Lipinski definition) is 9. The van der Waals surface area contributed by atoms with Crippen molar-refractivity contribution >= 4 is 29.5 Å². The first kappa shape index (κ1) is 14.7. The van der Waals surface area contributed by atoms with E-state index in [0.717, 1.165) is 6.42 Å². The molecule has 10 nitrogen and oxygen atoms in total. The first-order chi connectivity index (χ1) is 9.60. The van der Waals surface area contributed by atoms with Gasteiger partial charge in [0.2, 0.25) is 10.3 Å². The molecule has 2 aromatic rings. The zero-order chi connectivity index (χ0) is 14.5. The third-order valence-electron chi connectivity index (χ3n) is 2.17. The highest BCUT2D eigenvalue weighted by Crippen LogP contribution is 2.34. The van der Waals surface area contributed by atoms with Gasteiger partial charge in [0.25, 0.3) is 0 Å². The van der Waals surface area contributed by atoms with Crippen LogP contribution < -0.4 is 0 Å². The summed E-state index contributed by atoms with van der Waals surface area (Å²) >= 11 is 2.87. The lowest BCUT2D eigenvalue weighted by Crippen LogP contribution is -2.12. The van der Waals surface area contributed by atoms with Gasteiger partial charge in [-0.2, -0.15) is 0 Å². The molecule has 0 fully saturated rings. The first-order valence-corrected chi connectivity index (χ1v) is 7.39. The summed E-state index contributed by atoms with van der Waals surface area (Å²) in [6, 6.07) is 0. The Bertz CT molecular complexity index is 585. The van der Waals surface area contributed by atoms with Gasteiger partial charge in [0, 0.05) is 7.05 Å². The number of nitrogens with zero attached hydrogens (tertiary/aromatic N) is 8. The highest BCUT2D eigenvalue weighted by Gasteiger charge is 2.19. The Balaban J connectivity index is 2.05. The highest BCUT2D eigenvalue weighted by molar-refractivity contribution is 8.16. The van der Waals surface area contributed by atoms with E-state index in [1.54, 1.807) is 11.7 Å². The van der Waals surface area contributed by atoms with Crippen molar-refractivity contribution in [2.45, 2.75) is 34.8 Å². The van der Waals surface area contributed by atoms with E-state index in [2.05, 4.69) is 31.1 Å². The average Bonchev–Trinajstić information content (AvgIpc) is 2.98. The van der Waals surface area contributed by atoms with Gasteiger partial charge in [0.05, 0.1) is 4.58 Å². The number of aliphatic carboxylic acids is 1. The van der Waals surface area contributed by atoms with Crippen molar-refractivity contribution in [1.29, 1.82) is 0 Å². The fourth-order valence-electron chi connectivity index (χ4n) is 1.26. The van der Waals surface area contributed by atoms with Crippen molar-refractivity contribution in [2.75, 3.05) is 0 Å². The minimum absolute atomic E-state index is 0.0817. The van der Waals surface area contributed by atoms with E-state index in [4.69, 9.17) is 5.11 Å². The van der Waals surface area contributed by atoms with Gasteiger partial charge in [-0.15, -0.1) is 10.2 Å². The molecule has 0 amide bonds. The van der Waals surface area contributed by atoms with Gasteiger partial charge < -0.3 is 5.11 Å². The number of hydrogen-bond donors (Lipinski definition) is 1. The summed E-state index contributed by atoms with van der Waals surface area (Å²) in [6.45, 7) is 1.75. The molecule has 2 rings (SSSR count). The Morgan fingerprint density at radius 1 is 1.25 bits per heavy atom. The molecular weight excluding hydrogens is 304 g/mol. The average molecular weight is 316 g/mol. The molecule has 1 atom stereocenters. The minimum atomic E-state index is -0.989. The zero-order valence-electron chi connectivity index (χ0n) is 10.7. The first-order valence-electron chi connectivity index (χ1n) is 5.63. The van der Waals surface area contributed by atoms with E-state index in [0.29, 0.717) is 10.3 Å². The summed E-state index contributed by atoms with van der Waals surface area (Å²) in [5, 5.41) is 32.2. The third-order valence-corrected chi connectivity index (χ3v) is 5.00. The predicted molar refractivity (Wildman–Crippen MR) is 70.0 cm³/mol.